The second-order valence-electron chi connectivity index (χ2n) is 7.38. The van der Waals surface area contributed by atoms with Crippen LogP contribution in [0.4, 0.5) is 0 Å². The summed E-state index contributed by atoms with van der Waals surface area (Å²) in [5.74, 6) is 0.753. The van der Waals surface area contributed by atoms with Gasteiger partial charge in [-0.1, -0.05) is 27.7 Å². The lowest BCUT2D eigenvalue weighted by molar-refractivity contribution is 0.321. The van der Waals surface area contributed by atoms with E-state index in [1.54, 1.807) is 30.5 Å². The maximum atomic E-state index is 12.6. The first kappa shape index (κ1) is 18.0. The van der Waals surface area contributed by atoms with Crippen LogP contribution in [0.5, 0.6) is 0 Å². The van der Waals surface area contributed by atoms with Crippen LogP contribution in [0.3, 0.4) is 0 Å². The van der Waals surface area contributed by atoms with Gasteiger partial charge in [0.1, 0.15) is 5.58 Å². The minimum atomic E-state index is -3.27. The average Bonchev–Trinajstić information content (AvgIpc) is 2.92. The van der Waals surface area contributed by atoms with Crippen LogP contribution in [-0.4, -0.2) is 27.3 Å². The number of sulfone groups is 1. The molecule has 23 heavy (non-hydrogen) atoms. The summed E-state index contributed by atoms with van der Waals surface area (Å²) in [6.45, 7) is 10.3. The summed E-state index contributed by atoms with van der Waals surface area (Å²) in [7, 11) is -3.27. The Morgan fingerprint density at radius 1 is 1.22 bits per heavy atom. The third-order valence-electron chi connectivity index (χ3n) is 3.99. The van der Waals surface area contributed by atoms with E-state index in [2.05, 4.69) is 33.0 Å². The van der Waals surface area contributed by atoms with Crippen LogP contribution >= 0.6 is 0 Å². The Bertz CT molecular complexity index is 744. The van der Waals surface area contributed by atoms with Crippen molar-refractivity contribution >= 4 is 20.8 Å². The molecule has 4 nitrogen and oxygen atoms in total. The molecule has 1 aromatic carbocycles. The molecule has 0 saturated carbocycles. The summed E-state index contributed by atoms with van der Waals surface area (Å²) < 4.78 is 30.4. The van der Waals surface area contributed by atoms with Crippen LogP contribution in [0.1, 0.15) is 34.1 Å². The molecule has 0 aliphatic heterocycles. The summed E-state index contributed by atoms with van der Waals surface area (Å²) in [5.41, 5.74) is 0.656. The molecule has 2 rings (SSSR count). The molecule has 0 atom stereocenters. The largest absolute Gasteiger partial charge is 0.464 e. The van der Waals surface area contributed by atoms with Crippen molar-refractivity contribution in [3.8, 4) is 0 Å². The first-order valence-electron chi connectivity index (χ1n) is 8.10. The maximum Gasteiger partial charge on any atom is 0.178 e. The van der Waals surface area contributed by atoms with Gasteiger partial charge in [0.25, 0.3) is 0 Å². The molecule has 0 amide bonds. The van der Waals surface area contributed by atoms with Crippen LogP contribution in [0.25, 0.3) is 11.0 Å². The zero-order valence-electron chi connectivity index (χ0n) is 14.4. The summed E-state index contributed by atoms with van der Waals surface area (Å²) in [5, 5.41) is 4.24. The molecule has 1 heterocycles. The van der Waals surface area contributed by atoms with E-state index in [0.29, 0.717) is 22.8 Å². The van der Waals surface area contributed by atoms with Gasteiger partial charge in [-0.3, -0.25) is 0 Å². The second kappa shape index (κ2) is 7.05. The van der Waals surface area contributed by atoms with Crippen molar-refractivity contribution in [2.24, 2.45) is 11.3 Å². The molecule has 128 valence electrons. The lowest BCUT2D eigenvalue weighted by atomic mass is 9.90. The van der Waals surface area contributed by atoms with Gasteiger partial charge in [0.2, 0.25) is 0 Å². The molecule has 1 N–H and O–H groups in total. The fraction of sp³-hybridized carbons (Fsp3) is 0.556. The smallest absolute Gasteiger partial charge is 0.178 e. The first-order chi connectivity index (χ1) is 10.7. The number of furan rings is 1. The monoisotopic (exact) mass is 337 g/mol. The second-order valence-corrected chi connectivity index (χ2v) is 9.49. The van der Waals surface area contributed by atoms with Gasteiger partial charge in [0.15, 0.2) is 9.84 Å². The van der Waals surface area contributed by atoms with Crippen LogP contribution in [0.2, 0.25) is 0 Å². The Hall–Kier alpha value is -1.33. The van der Waals surface area contributed by atoms with E-state index >= 15 is 0 Å². The molecule has 0 fully saturated rings. The van der Waals surface area contributed by atoms with Crippen molar-refractivity contribution in [2.45, 2.75) is 39.0 Å². The molecule has 5 heteroatoms. The van der Waals surface area contributed by atoms with Crippen molar-refractivity contribution in [1.82, 2.24) is 5.32 Å². The number of rotatable bonds is 8. The van der Waals surface area contributed by atoms with Gasteiger partial charge in [0, 0.05) is 11.9 Å². The summed E-state index contributed by atoms with van der Waals surface area (Å²) in [6, 6.07) is 6.83. The van der Waals surface area contributed by atoms with E-state index in [1.807, 2.05) is 0 Å². The molecule has 0 unspecified atom stereocenters. The Labute approximate surface area is 139 Å². The van der Waals surface area contributed by atoms with E-state index in [9.17, 15) is 8.42 Å². The zero-order valence-corrected chi connectivity index (χ0v) is 15.2. The van der Waals surface area contributed by atoms with E-state index in [1.165, 1.54) is 0 Å². The molecule has 1 aromatic heterocycles. The van der Waals surface area contributed by atoms with Gasteiger partial charge in [-0.25, -0.2) is 8.42 Å². The van der Waals surface area contributed by atoms with Gasteiger partial charge < -0.3 is 9.73 Å². The standard InChI is InChI=1S/C18H27NO3S/c1-14(2)12-19-13-18(3,4)8-10-23(20,21)16-5-6-17-15(11-16)7-9-22-17/h5-7,9,11,14,19H,8,10,12-13H2,1-4H3. The van der Waals surface area contributed by atoms with Crippen LogP contribution in [-0.2, 0) is 9.84 Å². The molecule has 0 aliphatic carbocycles. The quantitative estimate of drug-likeness (QED) is 0.794. The fourth-order valence-electron chi connectivity index (χ4n) is 2.45. The predicted molar refractivity (Wildman–Crippen MR) is 94.4 cm³/mol. The number of nitrogens with one attached hydrogen (secondary N) is 1. The van der Waals surface area contributed by atoms with Crippen molar-refractivity contribution < 1.29 is 12.8 Å². The third kappa shape index (κ3) is 5.08. The molecular weight excluding hydrogens is 310 g/mol. The molecule has 2 aromatic rings. The molecule has 0 radical (unpaired) electrons. The van der Waals surface area contributed by atoms with Crippen molar-refractivity contribution in [1.29, 1.82) is 0 Å². The van der Waals surface area contributed by atoms with Crippen molar-refractivity contribution in [2.75, 3.05) is 18.8 Å². The first-order valence-corrected chi connectivity index (χ1v) is 9.76. The molecule has 0 aliphatic rings. The molecule has 0 spiro atoms. The Balaban J connectivity index is 2.00. The number of hydrogen-bond acceptors (Lipinski definition) is 4. The lowest BCUT2D eigenvalue weighted by Gasteiger charge is -2.25. The van der Waals surface area contributed by atoms with E-state index in [-0.39, 0.29) is 11.2 Å². The molecule has 0 bridgehead atoms. The Kier molecular flexibility index (Phi) is 5.53. The third-order valence-corrected chi connectivity index (χ3v) is 5.70. The van der Waals surface area contributed by atoms with Crippen molar-refractivity contribution in [3.63, 3.8) is 0 Å². The van der Waals surface area contributed by atoms with Gasteiger partial charge in [0.05, 0.1) is 16.9 Å². The van der Waals surface area contributed by atoms with Crippen molar-refractivity contribution in [3.05, 3.63) is 30.5 Å². The van der Waals surface area contributed by atoms with Gasteiger partial charge in [-0.15, -0.1) is 0 Å². The maximum absolute atomic E-state index is 12.6. The summed E-state index contributed by atoms with van der Waals surface area (Å²) in [6.07, 6.45) is 2.20. The van der Waals surface area contributed by atoms with Gasteiger partial charge in [-0.05, 0) is 48.6 Å². The topological polar surface area (TPSA) is 59.3 Å². The Morgan fingerprint density at radius 2 is 1.96 bits per heavy atom. The van der Waals surface area contributed by atoms with Crippen LogP contribution < -0.4 is 5.32 Å². The average molecular weight is 337 g/mol. The van der Waals surface area contributed by atoms with Crippen LogP contribution in [0.15, 0.2) is 39.8 Å². The SMILES string of the molecule is CC(C)CNCC(C)(C)CCS(=O)(=O)c1ccc2occc2c1. The molecular formula is C18H27NO3S. The Morgan fingerprint density at radius 3 is 2.65 bits per heavy atom. The van der Waals surface area contributed by atoms with Crippen LogP contribution in [0, 0.1) is 11.3 Å². The number of hydrogen-bond donors (Lipinski definition) is 1. The minimum Gasteiger partial charge on any atom is -0.464 e. The zero-order chi connectivity index (χ0) is 17.1. The van der Waals surface area contributed by atoms with E-state index in [4.69, 9.17) is 4.42 Å². The molecule has 0 saturated heterocycles. The predicted octanol–water partition coefficient (Wildman–Crippen LogP) is 3.87. The van der Waals surface area contributed by atoms with E-state index in [0.717, 1.165) is 18.5 Å². The minimum absolute atomic E-state index is 0.0539. The number of benzene rings is 1. The highest BCUT2D eigenvalue weighted by Crippen LogP contribution is 2.25. The highest BCUT2D eigenvalue weighted by Gasteiger charge is 2.23. The number of fused-ring (bicyclic) bond motifs is 1. The summed E-state index contributed by atoms with van der Waals surface area (Å²) in [4.78, 5) is 0.373. The normalized spacial score (nSPS) is 13.1. The fourth-order valence-corrected chi connectivity index (χ4v) is 4.09. The van der Waals surface area contributed by atoms with Gasteiger partial charge in [-0.2, -0.15) is 0 Å². The lowest BCUT2D eigenvalue weighted by Crippen LogP contribution is -2.33. The highest BCUT2D eigenvalue weighted by atomic mass is 32.2. The summed E-state index contributed by atoms with van der Waals surface area (Å²) >= 11 is 0. The van der Waals surface area contributed by atoms with Gasteiger partial charge >= 0.3 is 0 Å². The highest BCUT2D eigenvalue weighted by molar-refractivity contribution is 7.91. The van der Waals surface area contributed by atoms with E-state index < -0.39 is 9.84 Å².